The second kappa shape index (κ2) is 9.18. The molecule has 9 nitrogen and oxygen atoms in total. The number of rotatable bonds is 6. The Balaban J connectivity index is 1.30. The van der Waals surface area contributed by atoms with Gasteiger partial charge >= 0.3 is 6.09 Å². The molecule has 0 radical (unpaired) electrons. The maximum absolute atomic E-state index is 11.9. The number of aromatic nitrogens is 3. The molecule has 1 amide bonds. The zero-order valence-electron chi connectivity index (χ0n) is 20.1. The van der Waals surface area contributed by atoms with Crippen LogP contribution in [0, 0.1) is 12.8 Å². The highest BCUT2D eigenvalue weighted by Gasteiger charge is 2.31. The fourth-order valence-corrected chi connectivity index (χ4v) is 6.15. The van der Waals surface area contributed by atoms with Crippen LogP contribution in [0.25, 0.3) is 31.8 Å². The van der Waals surface area contributed by atoms with Crippen LogP contribution in [0.4, 0.5) is 4.79 Å². The van der Waals surface area contributed by atoms with Crippen LogP contribution in [-0.2, 0) is 11.2 Å². The molecule has 10 heteroatoms. The van der Waals surface area contributed by atoms with Crippen molar-refractivity contribution in [1.82, 2.24) is 19.9 Å². The predicted octanol–water partition coefficient (Wildman–Crippen LogP) is 4.54. The minimum atomic E-state index is -0.921. The quantitative estimate of drug-likeness (QED) is 0.406. The molecule has 2 unspecified atom stereocenters. The van der Waals surface area contributed by atoms with Crippen molar-refractivity contribution >= 4 is 38.7 Å². The highest BCUT2D eigenvalue weighted by atomic mass is 32.1. The minimum Gasteiger partial charge on any atom is -0.488 e. The third kappa shape index (κ3) is 4.20. The Morgan fingerprint density at radius 1 is 1.25 bits per heavy atom. The summed E-state index contributed by atoms with van der Waals surface area (Å²) in [4.78, 5) is 27.4. The van der Waals surface area contributed by atoms with Crippen molar-refractivity contribution in [2.24, 2.45) is 5.92 Å². The van der Waals surface area contributed by atoms with Crippen LogP contribution in [0.1, 0.15) is 17.5 Å². The molecular formula is C26H26N4O5S. The number of thiazole rings is 1. The molecule has 0 aliphatic carbocycles. The number of hydrogen-bond acceptors (Lipinski definition) is 8. The Morgan fingerprint density at radius 3 is 2.92 bits per heavy atom. The van der Waals surface area contributed by atoms with Crippen LogP contribution in [0.2, 0.25) is 0 Å². The normalized spacial score (nSPS) is 18.9. The molecule has 0 bridgehead atoms. The topological polar surface area (TPSA) is 107 Å². The van der Waals surface area contributed by atoms with Crippen molar-refractivity contribution in [2.45, 2.75) is 25.9 Å². The molecule has 2 aromatic heterocycles. The number of amides is 1. The molecule has 36 heavy (non-hydrogen) atoms. The molecule has 1 N–H and O–H groups in total. The molecule has 0 spiro atoms. The Hall–Kier alpha value is -3.50. The van der Waals surface area contributed by atoms with Gasteiger partial charge in [-0.1, -0.05) is 0 Å². The highest BCUT2D eigenvalue weighted by Crippen LogP contribution is 2.41. The molecule has 2 atom stereocenters. The molecule has 4 aromatic rings. The van der Waals surface area contributed by atoms with E-state index in [1.54, 1.807) is 24.6 Å². The van der Waals surface area contributed by atoms with E-state index < -0.39 is 6.09 Å². The lowest BCUT2D eigenvalue weighted by Gasteiger charge is -2.24. The molecular weight excluding hydrogens is 480 g/mol. The summed E-state index contributed by atoms with van der Waals surface area (Å²) >= 11 is 1.61. The number of benzene rings is 2. The van der Waals surface area contributed by atoms with E-state index in [1.165, 1.54) is 4.90 Å². The predicted molar refractivity (Wildman–Crippen MR) is 136 cm³/mol. The van der Waals surface area contributed by atoms with Crippen LogP contribution in [0.15, 0.2) is 30.5 Å². The molecule has 186 valence electrons. The number of methoxy groups -OCH3 is 1. The Kier molecular flexibility index (Phi) is 5.85. The van der Waals surface area contributed by atoms with Crippen LogP contribution in [0.5, 0.6) is 11.6 Å². The van der Waals surface area contributed by atoms with Gasteiger partial charge in [-0.2, -0.15) is 0 Å². The van der Waals surface area contributed by atoms with Gasteiger partial charge in [0, 0.05) is 36.6 Å². The average molecular weight is 507 g/mol. The summed E-state index contributed by atoms with van der Waals surface area (Å²) in [5, 5.41) is 10.6. The van der Waals surface area contributed by atoms with E-state index in [4.69, 9.17) is 19.2 Å². The first kappa shape index (κ1) is 22.9. The summed E-state index contributed by atoms with van der Waals surface area (Å²) in [6, 6.07) is 7.98. The molecule has 2 aliphatic rings. The van der Waals surface area contributed by atoms with E-state index in [2.05, 4.69) is 16.0 Å². The van der Waals surface area contributed by atoms with Crippen LogP contribution < -0.4 is 9.47 Å². The fraction of sp³-hybridized carbons (Fsp3) is 0.385. The highest BCUT2D eigenvalue weighted by molar-refractivity contribution is 7.22. The average Bonchev–Trinajstić information content (AvgIpc) is 3.61. The maximum Gasteiger partial charge on any atom is 0.407 e. The van der Waals surface area contributed by atoms with Crippen molar-refractivity contribution in [3.8, 4) is 22.2 Å². The van der Waals surface area contributed by atoms with Crippen LogP contribution >= 0.6 is 11.3 Å². The Morgan fingerprint density at radius 2 is 2.14 bits per heavy atom. The number of carboxylic acid groups (broad SMARTS) is 1. The van der Waals surface area contributed by atoms with E-state index in [-0.39, 0.29) is 12.0 Å². The van der Waals surface area contributed by atoms with E-state index in [0.29, 0.717) is 38.6 Å². The van der Waals surface area contributed by atoms with E-state index in [0.717, 1.165) is 55.1 Å². The van der Waals surface area contributed by atoms with Crippen molar-refractivity contribution < 1.29 is 24.1 Å². The number of ether oxygens (including phenoxy) is 3. The van der Waals surface area contributed by atoms with Gasteiger partial charge in [0.15, 0.2) is 0 Å². The van der Waals surface area contributed by atoms with Crippen molar-refractivity contribution in [3.05, 3.63) is 41.6 Å². The summed E-state index contributed by atoms with van der Waals surface area (Å²) in [6.07, 6.45) is 2.01. The van der Waals surface area contributed by atoms with Gasteiger partial charge in [-0.15, -0.1) is 11.3 Å². The lowest BCUT2D eigenvalue weighted by molar-refractivity contribution is 0.104. The molecule has 1 fully saturated rings. The van der Waals surface area contributed by atoms with Gasteiger partial charge in [0.1, 0.15) is 16.9 Å². The largest absolute Gasteiger partial charge is 0.488 e. The smallest absolute Gasteiger partial charge is 0.407 e. The molecule has 2 aromatic carbocycles. The molecule has 4 heterocycles. The van der Waals surface area contributed by atoms with Gasteiger partial charge in [-0.25, -0.2) is 19.7 Å². The third-order valence-electron chi connectivity index (χ3n) is 6.75. The number of nitrogens with zero attached hydrogens (tertiary/aromatic N) is 4. The van der Waals surface area contributed by atoms with Gasteiger partial charge in [0.25, 0.3) is 0 Å². The van der Waals surface area contributed by atoms with E-state index >= 15 is 0 Å². The van der Waals surface area contributed by atoms with E-state index in [1.807, 2.05) is 25.1 Å². The third-order valence-corrected chi connectivity index (χ3v) is 7.91. The van der Waals surface area contributed by atoms with Crippen molar-refractivity contribution in [3.63, 3.8) is 0 Å². The monoisotopic (exact) mass is 506 g/mol. The maximum atomic E-state index is 11.9. The SMILES string of the molecule is COc1cnc2c(-c3nc4ccc5c(c4s3)CC(CN(CC3CCOC3)C(=O)O)O5)cc(C)cc2n1. The summed E-state index contributed by atoms with van der Waals surface area (Å²) in [7, 11) is 1.58. The summed E-state index contributed by atoms with van der Waals surface area (Å²) in [6.45, 7) is 4.14. The van der Waals surface area contributed by atoms with Gasteiger partial charge in [-0.3, -0.25) is 0 Å². The first-order chi connectivity index (χ1) is 17.5. The van der Waals surface area contributed by atoms with Gasteiger partial charge < -0.3 is 24.2 Å². The van der Waals surface area contributed by atoms with Crippen LogP contribution in [-0.4, -0.2) is 70.6 Å². The first-order valence-corrected chi connectivity index (χ1v) is 12.8. The Bertz CT molecular complexity index is 1470. The lowest BCUT2D eigenvalue weighted by Crippen LogP contribution is -2.41. The van der Waals surface area contributed by atoms with Crippen molar-refractivity contribution in [2.75, 3.05) is 33.4 Å². The minimum absolute atomic E-state index is 0.229. The summed E-state index contributed by atoms with van der Waals surface area (Å²) < 4.78 is 17.9. The van der Waals surface area contributed by atoms with Gasteiger partial charge in [0.05, 0.1) is 47.7 Å². The number of aryl methyl sites for hydroxylation is 1. The van der Waals surface area contributed by atoms with Crippen molar-refractivity contribution in [1.29, 1.82) is 0 Å². The fourth-order valence-electron chi connectivity index (χ4n) is 5.02. The number of hydrogen-bond donors (Lipinski definition) is 1. The molecule has 1 saturated heterocycles. The Labute approximate surface area is 211 Å². The zero-order valence-corrected chi connectivity index (χ0v) is 20.9. The van der Waals surface area contributed by atoms with Gasteiger partial charge in [0.2, 0.25) is 5.88 Å². The summed E-state index contributed by atoms with van der Waals surface area (Å²) in [5.74, 6) is 1.52. The molecule has 2 aliphatic heterocycles. The molecule has 6 rings (SSSR count). The second-order valence-electron chi connectivity index (χ2n) is 9.36. The number of fused-ring (bicyclic) bond motifs is 4. The van der Waals surface area contributed by atoms with Crippen LogP contribution in [0.3, 0.4) is 0 Å². The van der Waals surface area contributed by atoms with Gasteiger partial charge in [-0.05, 0) is 43.2 Å². The standard InChI is InChI=1S/C26H26N4O5S/c1-14-7-18(23-20(8-14)28-22(33-2)10-27-23)25-29-19-3-4-21-17(24(19)36-25)9-16(35-21)12-30(26(31)32)11-15-5-6-34-13-15/h3-4,7-8,10,15-16H,5-6,9,11-13H2,1-2H3,(H,31,32). The first-order valence-electron chi connectivity index (χ1n) is 11.9. The molecule has 0 saturated carbocycles. The lowest BCUT2D eigenvalue weighted by atomic mass is 10.1. The second-order valence-corrected chi connectivity index (χ2v) is 10.4. The summed E-state index contributed by atoms with van der Waals surface area (Å²) in [5.41, 5.74) is 5.52. The number of carbonyl (C=O) groups is 1. The zero-order chi connectivity index (χ0) is 24.8. The van der Waals surface area contributed by atoms with E-state index in [9.17, 15) is 9.90 Å².